The number of fused-ring (bicyclic) bond motifs is 8. The summed E-state index contributed by atoms with van der Waals surface area (Å²) in [4.78, 5) is 0. The maximum atomic E-state index is 2.58. The molecule has 0 aromatic heterocycles. The van der Waals surface area contributed by atoms with Crippen LogP contribution in [0.2, 0.25) is 0 Å². The second kappa shape index (κ2) is 15.6. The summed E-state index contributed by atoms with van der Waals surface area (Å²) in [6.45, 7) is 9.60. The highest BCUT2D eigenvalue weighted by atomic mass is 28.3. The molecule has 0 saturated heterocycles. The lowest BCUT2D eigenvalue weighted by Crippen LogP contribution is -2.74. The Bertz CT molecular complexity index is 3650. The fourth-order valence-electron chi connectivity index (χ4n) is 12.7. The molecule has 0 nitrogen and oxygen atoms in total. The van der Waals surface area contributed by atoms with Crippen molar-refractivity contribution < 1.29 is 0 Å². The van der Waals surface area contributed by atoms with Crippen molar-refractivity contribution in [2.45, 2.75) is 38.5 Å². The normalized spacial score (nSPS) is 14.0. The third kappa shape index (κ3) is 6.13. The molecule has 1 heteroatoms. The summed E-state index contributed by atoms with van der Waals surface area (Å²) < 4.78 is 0. The van der Waals surface area contributed by atoms with Crippen molar-refractivity contribution >= 4 is 50.4 Å². The zero-order valence-corrected chi connectivity index (χ0v) is 40.6. The topological polar surface area (TPSA) is 0 Å². The molecule has 0 spiro atoms. The molecule has 0 amide bonds. The van der Waals surface area contributed by atoms with E-state index >= 15 is 0 Å². The van der Waals surface area contributed by atoms with Gasteiger partial charge in [0.25, 0.3) is 0 Å². The van der Waals surface area contributed by atoms with Crippen molar-refractivity contribution in [2.24, 2.45) is 0 Å². The van der Waals surface area contributed by atoms with Crippen molar-refractivity contribution in [1.29, 1.82) is 0 Å². The standard InChI is InChI=1S/C68H52Si/c1-67(2)61-31-19-18-26-53(61)54-40-37-48(43-63(54)67)66-59-29-16-14-27-57(59)65(58-28-15-17-30-60(58)66)46-34-32-45(33-35-46)47-36-39-55-56-41-38-52(44-64(56)68(3,4)62(55)42-47)69(49-20-8-5-9-21-49,50-22-10-6-11-23-50)51-24-12-7-13-25-51/h5-44H,1-4H3. The van der Waals surface area contributed by atoms with Crippen LogP contribution in [0.1, 0.15) is 49.9 Å². The monoisotopic (exact) mass is 896 g/mol. The molecule has 328 valence electrons. The van der Waals surface area contributed by atoms with Gasteiger partial charge >= 0.3 is 0 Å². The first kappa shape index (κ1) is 41.4. The van der Waals surface area contributed by atoms with E-state index in [2.05, 4.69) is 270 Å². The van der Waals surface area contributed by atoms with Gasteiger partial charge in [0, 0.05) is 10.8 Å². The highest BCUT2D eigenvalue weighted by Crippen LogP contribution is 2.52. The van der Waals surface area contributed by atoms with E-state index in [1.165, 1.54) is 120 Å². The molecular weight excluding hydrogens is 845 g/mol. The largest absolute Gasteiger partial charge is 0.179 e. The van der Waals surface area contributed by atoms with Gasteiger partial charge < -0.3 is 0 Å². The summed E-state index contributed by atoms with van der Waals surface area (Å²) in [6, 6.07) is 92.0. The van der Waals surface area contributed by atoms with Gasteiger partial charge in [0.2, 0.25) is 0 Å². The van der Waals surface area contributed by atoms with Crippen LogP contribution in [-0.4, -0.2) is 8.07 Å². The second-order valence-corrected chi connectivity index (χ2v) is 24.2. The fourth-order valence-corrected chi connectivity index (χ4v) is 17.4. The summed E-state index contributed by atoms with van der Waals surface area (Å²) in [6.07, 6.45) is 0. The number of benzene rings is 11. The lowest BCUT2D eigenvalue weighted by Gasteiger charge is -2.35. The molecule has 0 N–H and O–H groups in total. The SMILES string of the molecule is CC1(C)c2ccccc2-c2ccc(-c3c4ccccc4c(-c4ccc(-c5ccc6c(c5)C(C)(C)c5cc([Si](c7ccccc7)(c7ccccc7)c7ccccc7)ccc5-6)cc4)c4ccccc34)cc21. The molecule has 0 saturated carbocycles. The van der Waals surface area contributed by atoms with Gasteiger partial charge in [-0.1, -0.05) is 258 Å². The summed E-state index contributed by atoms with van der Waals surface area (Å²) in [5.41, 5.74) is 18.3. The smallest absolute Gasteiger partial charge is 0.0623 e. The van der Waals surface area contributed by atoms with Crippen LogP contribution in [0, 0.1) is 0 Å². The van der Waals surface area contributed by atoms with Crippen molar-refractivity contribution in [3.05, 3.63) is 265 Å². The van der Waals surface area contributed by atoms with Gasteiger partial charge in [-0.25, -0.2) is 0 Å². The third-order valence-electron chi connectivity index (χ3n) is 16.0. The van der Waals surface area contributed by atoms with Gasteiger partial charge in [0.15, 0.2) is 8.07 Å². The van der Waals surface area contributed by atoms with E-state index in [4.69, 9.17) is 0 Å². The van der Waals surface area contributed by atoms with Crippen LogP contribution >= 0.6 is 0 Å². The number of rotatable bonds is 7. The summed E-state index contributed by atoms with van der Waals surface area (Å²) in [7, 11) is -2.68. The van der Waals surface area contributed by atoms with Crippen LogP contribution in [0.3, 0.4) is 0 Å². The Morgan fingerprint density at radius 2 is 0.594 bits per heavy atom. The van der Waals surface area contributed by atoms with E-state index < -0.39 is 8.07 Å². The Balaban J connectivity index is 0.889. The molecule has 0 atom stereocenters. The Hall–Kier alpha value is -7.84. The Morgan fingerprint density at radius 3 is 1.12 bits per heavy atom. The second-order valence-electron chi connectivity index (χ2n) is 20.3. The average molecular weight is 897 g/mol. The molecule has 2 aliphatic rings. The van der Waals surface area contributed by atoms with Crippen molar-refractivity contribution in [1.82, 2.24) is 0 Å². The van der Waals surface area contributed by atoms with Gasteiger partial charge in [-0.05, 0) is 132 Å². The molecule has 0 heterocycles. The van der Waals surface area contributed by atoms with E-state index in [0.717, 1.165) is 0 Å². The van der Waals surface area contributed by atoms with E-state index in [9.17, 15) is 0 Å². The van der Waals surface area contributed by atoms with E-state index in [0.29, 0.717) is 0 Å². The molecule has 0 unspecified atom stereocenters. The predicted molar refractivity (Wildman–Crippen MR) is 297 cm³/mol. The molecule has 0 aliphatic heterocycles. The minimum Gasteiger partial charge on any atom is -0.0623 e. The van der Waals surface area contributed by atoms with E-state index in [1.807, 2.05) is 0 Å². The first-order valence-electron chi connectivity index (χ1n) is 24.5. The first-order valence-corrected chi connectivity index (χ1v) is 26.5. The summed E-state index contributed by atoms with van der Waals surface area (Å²) >= 11 is 0. The predicted octanol–water partition coefficient (Wildman–Crippen LogP) is 15.0. The van der Waals surface area contributed by atoms with Crippen LogP contribution in [0.4, 0.5) is 0 Å². The lowest BCUT2D eigenvalue weighted by molar-refractivity contribution is 0.660. The highest BCUT2D eigenvalue weighted by Gasteiger charge is 2.44. The van der Waals surface area contributed by atoms with Crippen LogP contribution in [0.25, 0.3) is 77.2 Å². The molecular formula is C68H52Si. The molecule has 11 aromatic carbocycles. The van der Waals surface area contributed by atoms with Crippen LogP contribution in [0.5, 0.6) is 0 Å². The van der Waals surface area contributed by atoms with E-state index in [1.54, 1.807) is 0 Å². The minimum absolute atomic E-state index is 0.0701. The molecule has 11 aromatic rings. The van der Waals surface area contributed by atoms with Gasteiger partial charge in [-0.2, -0.15) is 0 Å². The number of hydrogen-bond donors (Lipinski definition) is 0. The Morgan fingerprint density at radius 1 is 0.246 bits per heavy atom. The molecule has 0 bridgehead atoms. The maximum Gasteiger partial charge on any atom is 0.179 e. The quantitative estimate of drug-likeness (QED) is 0.0849. The van der Waals surface area contributed by atoms with Crippen LogP contribution in [-0.2, 0) is 10.8 Å². The third-order valence-corrected chi connectivity index (χ3v) is 20.8. The van der Waals surface area contributed by atoms with Crippen LogP contribution < -0.4 is 20.7 Å². The molecule has 69 heavy (non-hydrogen) atoms. The molecule has 0 radical (unpaired) electrons. The summed E-state index contributed by atoms with van der Waals surface area (Å²) in [5.74, 6) is 0. The summed E-state index contributed by atoms with van der Waals surface area (Å²) in [5, 5.41) is 10.7. The highest BCUT2D eigenvalue weighted by molar-refractivity contribution is 7.19. The Kier molecular flexibility index (Phi) is 9.35. The number of hydrogen-bond acceptors (Lipinski definition) is 0. The average Bonchev–Trinajstić information content (AvgIpc) is 3.77. The molecule has 0 fully saturated rings. The van der Waals surface area contributed by atoms with Gasteiger partial charge in [0.05, 0.1) is 0 Å². The van der Waals surface area contributed by atoms with Gasteiger partial charge in [-0.15, -0.1) is 0 Å². The lowest BCUT2D eigenvalue weighted by atomic mass is 9.80. The van der Waals surface area contributed by atoms with Gasteiger partial charge in [-0.3, -0.25) is 0 Å². The van der Waals surface area contributed by atoms with Crippen molar-refractivity contribution in [3.8, 4) is 55.6 Å². The molecule has 2 aliphatic carbocycles. The maximum absolute atomic E-state index is 2.68. The first-order chi connectivity index (χ1) is 33.7. The fraction of sp³-hybridized carbons (Fsp3) is 0.0882. The van der Waals surface area contributed by atoms with Gasteiger partial charge in [0.1, 0.15) is 0 Å². The van der Waals surface area contributed by atoms with Crippen molar-refractivity contribution in [2.75, 3.05) is 0 Å². The minimum atomic E-state index is -2.68. The zero-order chi connectivity index (χ0) is 46.5. The van der Waals surface area contributed by atoms with Crippen LogP contribution in [0.15, 0.2) is 243 Å². The van der Waals surface area contributed by atoms with Crippen molar-refractivity contribution in [3.63, 3.8) is 0 Å². The zero-order valence-electron chi connectivity index (χ0n) is 39.6. The molecule has 13 rings (SSSR count). The Labute approximate surface area is 407 Å². The van der Waals surface area contributed by atoms with E-state index in [-0.39, 0.29) is 10.8 Å².